The fourth-order valence-corrected chi connectivity index (χ4v) is 2.37. The van der Waals surface area contributed by atoms with Crippen LogP contribution in [0.25, 0.3) is 0 Å². The Labute approximate surface area is 136 Å². The average molecular weight is 314 g/mol. The number of pyridine rings is 1. The van der Waals surface area contributed by atoms with Crippen LogP contribution >= 0.6 is 0 Å². The van der Waals surface area contributed by atoms with Gasteiger partial charge in [0, 0.05) is 31.0 Å². The van der Waals surface area contributed by atoms with Gasteiger partial charge in [-0.2, -0.15) is 0 Å². The highest BCUT2D eigenvalue weighted by atomic mass is 16.5. The van der Waals surface area contributed by atoms with Gasteiger partial charge < -0.3 is 14.4 Å². The Morgan fingerprint density at radius 2 is 1.78 bits per heavy atom. The van der Waals surface area contributed by atoms with Gasteiger partial charge in [-0.3, -0.25) is 9.78 Å². The molecule has 0 spiro atoms. The number of carbonyl (C=O) groups is 1. The van der Waals surface area contributed by atoms with E-state index in [0.717, 1.165) is 6.42 Å². The summed E-state index contributed by atoms with van der Waals surface area (Å²) in [6, 6.07) is 9.17. The molecule has 0 atom stereocenters. The molecule has 122 valence electrons. The number of likely N-dealkylation sites (N-methyl/N-ethyl adjacent to an activating group) is 1. The van der Waals surface area contributed by atoms with Crippen LogP contribution in [-0.2, 0) is 6.42 Å². The van der Waals surface area contributed by atoms with E-state index in [9.17, 15) is 4.79 Å². The van der Waals surface area contributed by atoms with Crippen molar-refractivity contribution < 1.29 is 14.3 Å². The van der Waals surface area contributed by atoms with Crippen LogP contribution in [0.15, 0.2) is 42.7 Å². The van der Waals surface area contributed by atoms with Crippen molar-refractivity contribution in [3.8, 4) is 11.5 Å². The summed E-state index contributed by atoms with van der Waals surface area (Å²) in [7, 11) is 3.14. The van der Waals surface area contributed by atoms with Gasteiger partial charge in [0.2, 0.25) is 0 Å². The number of hydrogen-bond acceptors (Lipinski definition) is 4. The molecule has 0 unspecified atom stereocenters. The first-order valence-corrected chi connectivity index (χ1v) is 7.59. The molecule has 0 saturated heterocycles. The molecule has 0 aliphatic heterocycles. The molecule has 1 aromatic heterocycles. The summed E-state index contributed by atoms with van der Waals surface area (Å²) < 4.78 is 10.5. The fraction of sp³-hybridized carbons (Fsp3) is 0.333. The number of amides is 1. The first-order valence-electron chi connectivity index (χ1n) is 7.59. The molecule has 0 N–H and O–H groups in total. The Kier molecular flexibility index (Phi) is 5.97. The van der Waals surface area contributed by atoms with Gasteiger partial charge in [0.1, 0.15) is 0 Å². The minimum atomic E-state index is -0.0116. The van der Waals surface area contributed by atoms with Crippen molar-refractivity contribution in [1.82, 2.24) is 9.88 Å². The summed E-state index contributed by atoms with van der Waals surface area (Å²) in [5, 5.41) is 0. The van der Waals surface area contributed by atoms with Crippen LogP contribution in [0.5, 0.6) is 11.5 Å². The minimum Gasteiger partial charge on any atom is -0.493 e. The van der Waals surface area contributed by atoms with Crippen LogP contribution in [0, 0.1) is 0 Å². The third-order valence-electron chi connectivity index (χ3n) is 3.72. The first-order chi connectivity index (χ1) is 11.2. The Morgan fingerprint density at radius 1 is 1.09 bits per heavy atom. The third kappa shape index (κ3) is 4.22. The molecule has 1 aromatic carbocycles. The van der Waals surface area contributed by atoms with Gasteiger partial charge in [-0.25, -0.2) is 0 Å². The van der Waals surface area contributed by atoms with Crippen molar-refractivity contribution in [2.24, 2.45) is 0 Å². The van der Waals surface area contributed by atoms with Gasteiger partial charge in [0.25, 0.3) is 5.91 Å². The van der Waals surface area contributed by atoms with Crippen molar-refractivity contribution in [3.05, 3.63) is 53.9 Å². The molecule has 2 rings (SSSR count). The summed E-state index contributed by atoms with van der Waals surface area (Å²) in [5.41, 5.74) is 1.76. The maximum absolute atomic E-state index is 12.7. The molecule has 0 aliphatic carbocycles. The lowest BCUT2D eigenvalue weighted by atomic mass is 10.1. The fourth-order valence-electron chi connectivity index (χ4n) is 2.37. The van der Waals surface area contributed by atoms with Crippen molar-refractivity contribution in [2.45, 2.75) is 13.3 Å². The van der Waals surface area contributed by atoms with E-state index in [1.807, 2.05) is 24.0 Å². The zero-order valence-electron chi connectivity index (χ0n) is 13.8. The standard InChI is InChI=1S/C18H22N2O3/c1-4-20(12-9-14-7-10-19-11-8-14)18(21)15-5-6-16(22-2)17(13-15)23-3/h5-8,10-11,13H,4,9,12H2,1-3H3. The molecule has 5 heteroatoms. The highest BCUT2D eigenvalue weighted by Crippen LogP contribution is 2.28. The lowest BCUT2D eigenvalue weighted by Gasteiger charge is -2.21. The summed E-state index contributed by atoms with van der Waals surface area (Å²) >= 11 is 0. The monoisotopic (exact) mass is 314 g/mol. The van der Waals surface area contributed by atoms with Crippen LogP contribution in [0.3, 0.4) is 0 Å². The highest BCUT2D eigenvalue weighted by molar-refractivity contribution is 5.95. The summed E-state index contributed by atoms with van der Waals surface area (Å²) in [5.74, 6) is 1.16. The van der Waals surface area contributed by atoms with Gasteiger partial charge in [0.15, 0.2) is 11.5 Å². The predicted octanol–water partition coefficient (Wildman–Crippen LogP) is 2.80. The van der Waals surface area contributed by atoms with Crippen LogP contribution in [0.1, 0.15) is 22.8 Å². The average Bonchev–Trinajstić information content (AvgIpc) is 2.62. The Balaban J connectivity index is 2.10. The molecule has 2 aromatic rings. The molecule has 23 heavy (non-hydrogen) atoms. The Hall–Kier alpha value is -2.56. The Morgan fingerprint density at radius 3 is 2.39 bits per heavy atom. The largest absolute Gasteiger partial charge is 0.493 e. The summed E-state index contributed by atoms with van der Waals surface area (Å²) in [6.07, 6.45) is 4.33. The first kappa shape index (κ1) is 16.8. The van der Waals surface area contributed by atoms with Gasteiger partial charge in [-0.15, -0.1) is 0 Å². The topological polar surface area (TPSA) is 51.7 Å². The molecule has 0 radical (unpaired) electrons. The number of carbonyl (C=O) groups excluding carboxylic acids is 1. The maximum Gasteiger partial charge on any atom is 0.253 e. The number of methoxy groups -OCH3 is 2. The number of rotatable bonds is 7. The third-order valence-corrected chi connectivity index (χ3v) is 3.72. The van der Waals surface area contributed by atoms with Gasteiger partial charge in [0.05, 0.1) is 14.2 Å². The van der Waals surface area contributed by atoms with Crippen LogP contribution < -0.4 is 9.47 Å². The predicted molar refractivity (Wildman–Crippen MR) is 89.1 cm³/mol. The minimum absolute atomic E-state index is 0.0116. The van der Waals surface area contributed by atoms with Gasteiger partial charge in [-0.1, -0.05) is 0 Å². The maximum atomic E-state index is 12.7. The van der Waals surface area contributed by atoms with Crippen molar-refractivity contribution in [1.29, 1.82) is 0 Å². The van der Waals surface area contributed by atoms with Gasteiger partial charge >= 0.3 is 0 Å². The molecular formula is C18H22N2O3. The van der Waals surface area contributed by atoms with Crippen molar-refractivity contribution in [2.75, 3.05) is 27.3 Å². The second-order valence-electron chi connectivity index (χ2n) is 5.06. The van der Waals surface area contributed by atoms with E-state index >= 15 is 0 Å². The van der Waals surface area contributed by atoms with E-state index < -0.39 is 0 Å². The number of nitrogens with zero attached hydrogens (tertiary/aromatic N) is 2. The van der Waals surface area contributed by atoms with E-state index in [1.165, 1.54) is 5.56 Å². The highest BCUT2D eigenvalue weighted by Gasteiger charge is 2.16. The zero-order chi connectivity index (χ0) is 16.7. The SMILES string of the molecule is CCN(CCc1ccncc1)C(=O)c1ccc(OC)c(OC)c1. The second-order valence-corrected chi connectivity index (χ2v) is 5.06. The number of hydrogen-bond donors (Lipinski definition) is 0. The normalized spacial score (nSPS) is 10.2. The lowest BCUT2D eigenvalue weighted by molar-refractivity contribution is 0.0765. The summed E-state index contributed by atoms with van der Waals surface area (Å²) in [6.45, 7) is 3.29. The van der Waals surface area contributed by atoms with Crippen LogP contribution in [-0.4, -0.2) is 43.1 Å². The van der Waals surface area contributed by atoms with Crippen molar-refractivity contribution in [3.63, 3.8) is 0 Å². The number of benzene rings is 1. The number of aromatic nitrogens is 1. The van der Waals surface area contributed by atoms with Crippen LogP contribution in [0.2, 0.25) is 0 Å². The molecule has 0 aliphatic rings. The quantitative estimate of drug-likeness (QED) is 0.788. The molecule has 1 amide bonds. The molecule has 5 nitrogen and oxygen atoms in total. The van der Waals surface area contributed by atoms with E-state index in [1.54, 1.807) is 44.8 Å². The van der Waals surface area contributed by atoms with E-state index in [2.05, 4.69) is 4.98 Å². The van der Waals surface area contributed by atoms with E-state index in [-0.39, 0.29) is 5.91 Å². The molecular weight excluding hydrogens is 292 g/mol. The lowest BCUT2D eigenvalue weighted by Crippen LogP contribution is -2.32. The summed E-state index contributed by atoms with van der Waals surface area (Å²) in [4.78, 5) is 18.5. The molecule has 1 heterocycles. The van der Waals surface area contributed by atoms with E-state index in [0.29, 0.717) is 30.2 Å². The van der Waals surface area contributed by atoms with Gasteiger partial charge in [-0.05, 0) is 49.2 Å². The van der Waals surface area contributed by atoms with Crippen LogP contribution in [0.4, 0.5) is 0 Å². The number of ether oxygens (including phenoxy) is 2. The second kappa shape index (κ2) is 8.17. The molecule has 0 saturated carbocycles. The Bertz CT molecular complexity index is 644. The molecule has 0 fully saturated rings. The smallest absolute Gasteiger partial charge is 0.253 e. The van der Waals surface area contributed by atoms with Crippen molar-refractivity contribution >= 4 is 5.91 Å². The zero-order valence-corrected chi connectivity index (χ0v) is 13.8. The van der Waals surface area contributed by atoms with E-state index in [4.69, 9.17) is 9.47 Å². The molecule has 0 bridgehead atoms.